The lowest BCUT2D eigenvalue weighted by Gasteiger charge is -2.10. The zero-order valence-electron chi connectivity index (χ0n) is 10.5. The van der Waals surface area contributed by atoms with Gasteiger partial charge in [0.25, 0.3) is 0 Å². The second kappa shape index (κ2) is 5.13. The summed E-state index contributed by atoms with van der Waals surface area (Å²) in [6.45, 7) is 4.47. The summed E-state index contributed by atoms with van der Waals surface area (Å²) in [5.41, 5.74) is 9.17. The Labute approximate surface area is 102 Å². The molecule has 0 fully saturated rings. The maximum atomic E-state index is 5.60. The molecule has 1 aliphatic heterocycles. The van der Waals surface area contributed by atoms with Crippen LogP contribution in [-0.4, -0.2) is 11.5 Å². The van der Waals surface area contributed by atoms with Crippen molar-refractivity contribution in [3.63, 3.8) is 0 Å². The van der Waals surface area contributed by atoms with E-state index in [-0.39, 0.29) is 0 Å². The fourth-order valence-corrected chi connectivity index (χ4v) is 1.98. The summed E-state index contributed by atoms with van der Waals surface area (Å²) in [4.78, 5) is 0. The van der Waals surface area contributed by atoms with E-state index in [1.165, 1.54) is 5.56 Å². The second-order valence-corrected chi connectivity index (χ2v) is 4.93. The number of benzene rings is 1. The topological polar surface area (TPSA) is 50.7 Å². The van der Waals surface area contributed by atoms with Crippen molar-refractivity contribution in [1.82, 2.24) is 0 Å². The van der Waals surface area contributed by atoms with Crippen LogP contribution in [0.5, 0.6) is 0 Å². The van der Waals surface area contributed by atoms with Gasteiger partial charge in [0, 0.05) is 6.42 Å². The first-order valence-electron chi connectivity index (χ1n) is 6.13. The molecule has 0 spiro atoms. The minimum absolute atomic E-state index is 0.630. The SMILES string of the molecule is CC(C)Cc1ccc(C2=NN=C(N)CC2)cc1. The maximum Gasteiger partial charge on any atom is 0.122 e. The highest BCUT2D eigenvalue weighted by atomic mass is 15.2. The summed E-state index contributed by atoms with van der Waals surface area (Å²) in [5.74, 6) is 1.32. The van der Waals surface area contributed by atoms with Gasteiger partial charge < -0.3 is 5.73 Å². The molecule has 1 aromatic carbocycles. The van der Waals surface area contributed by atoms with E-state index in [2.05, 4.69) is 48.3 Å². The normalized spacial score (nSPS) is 15.7. The van der Waals surface area contributed by atoms with Crippen LogP contribution in [0.25, 0.3) is 0 Å². The van der Waals surface area contributed by atoms with Crippen molar-refractivity contribution in [2.45, 2.75) is 33.1 Å². The monoisotopic (exact) mass is 229 g/mol. The third-order valence-corrected chi connectivity index (χ3v) is 2.85. The number of rotatable bonds is 3. The molecule has 3 nitrogen and oxygen atoms in total. The van der Waals surface area contributed by atoms with Crippen molar-refractivity contribution in [1.29, 1.82) is 0 Å². The fraction of sp³-hybridized carbons (Fsp3) is 0.429. The Morgan fingerprint density at radius 1 is 1.12 bits per heavy atom. The summed E-state index contributed by atoms with van der Waals surface area (Å²) in [5, 5.41) is 8.09. The van der Waals surface area contributed by atoms with Crippen LogP contribution >= 0.6 is 0 Å². The summed E-state index contributed by atoms with van der Waals surface area (Å²) < 4.78 is 0. The van der Waals surface area contributed by atoms with Gasteiger partial charge in [0.05, 0.1) is 5.71 Å². The number of nitrogens with zero attached hydrogens (tertiary/aromatic N) is 2. The molecule has 1 heterocycles. The van der Waals surface area contributed by atoms with E-state index in [1.807, 2.05) is 0 Å². The molecule has 0 aromatic heterocycles. The van der Waals surface area contributed by atoms with Gasteiger partial charge in [0.15, 0.2) is 0 Å². The highest BCUT2D eigenvalue weighted by molar-refractivity contribution is 6.04. The average Bonchev–Trinajstić information content (AvgIpc) is 2.30. The van der Waals surface area contributed by atoms with Gasteiger partial charge in [-0.2, -0.15) is 5.10 Å². The molecule has 0 atom stereocenters. The van der Waals surface area contributed by atoms with E-state index in [0.717, 1.165) is 30.5 Å². The van der Waals surface area contributed by atoms with Crippen LogP contribution < -0.4 is 5.73 Å². The van der Waals surface area contributed by atoms with Crippen LogP contribution in [0.1, 0.15) is 37.8 Å². The number of hydrogen-bond acceptors (Lipinski definition) is 3. The Morgan fingerprint density at radius 2 is 1.82 bits per heavy atom. The summed E-state index contributed by atoms with van der Waals surface area (Å²) in [6.07, 6.45) is 2.82. The minimum Gasteiger partial charge on any atom is -0.386 e. The first-order chi connectivity index (χ1) is 8.15. The largest absolute Gasteiger partial charge is 0.386 e. The van der Waals surface area contributed by atoms with Crippen molar-refractivity contribution in [3.05, 3.63) is 35.4 Å². The van der Waals surface area contributed by atoms with Gasteiger partial charge in [-0.05, 0) is 29.9 Å². The van der Waals surface area contributed by atoms with E-state index >= 15 is 0 Å². The molecule has 0 bridgehead atoms. The smallest absolute Gasteiger partial charge is 0.122 e. The Kier molecular flexibility index (Phi) is 3.57. The van der Waals surface area contributed by atoms with Crippen LogP contribution in [0.3, 0.4) is 0 Å². The maximum absolute atomic E-state index is 5.60. The molecule has 1 aromatic rings. The third kappa shape index (κ3) is 3.16. The van der Waals surface area contributed by atoms with E-state index in [0.29, 0.717) is 11.8 Å². The van der Waals surface area contributed by atoms with Crippen LogP contribution in [0.4, 0.5) is 0 Å². The highest BCUT2D eigenvalue weighted by Gasteiger charge is 2.09. The van der Waals surface area contributed by atoms with Gasteiger partial charge in [-0.3, -0.25) is 0 Å². The first kappa shape index (κ1) is 11.8. The number of nitrogens with two attached hydrogens (primary N) is 1. The second-order valence-electron chi connectivity index (χ2n) is 4.93. The molecule has 90 valence electrons. The van der Waals surface area contributed by atoms with Gasteiger partial charge in [0.1, 0.15) is 5.84 Å². The van der Waals surface area contributed by atoms with E-state index in [1.54, 1.807) is 0 Å². The molecule has 0 unspecified atom stereocenters. The van der Waals surface area contributed by atoms with Crippen LogP contribution in [0.2, 0.25) is 0 Å². The molecule has 0 aliphatic carbocycles. The number of amidine groups is 1. The predicted molar refractivity (Wildman–Crippen MR) is 72.4 cm³/mol. The lowest BCUT2D eigenvalue weighted by atomic mass is 9.99. The third-order valence-electron chi connectivity index (χ3n) is 2.85. The van der Waals surface area contributed by atoms with Crippen LogP contribution in [-0.2, 0) is 6.42 Å². The van der Waals surface area contributed by atoms with Crippen molar-refractivity contribution in [3.8, 4) is 0 Å². The van der Waals surface area contributed by atoms with Gasteiger partial charge in [-0.25, -0.2) is 0 Å². The zero-order valence-corrected chi connectivity index (χ0v) is 10.5. The predicted octanol–water partition coefficient (Wildman–Crippen LogP) is 2.74. The lowest BCUT2D eigenvalue weighted by molar-refractivity contribution is 0.647. The minimum atomic E-state index is 0.630. The van der Waals surface area contributed by atoms with E-state index < -0.39 is 0 Å². The van der Waals surface area contributed by atoms with Gasteiger partial charge in [-0.1, -0.05) is 38.1 Å². The molecule has 2 rings (SSSR count). The van der Waals surface area contributed by atoms with Crippen molar-refractivity contribution < 1.29 is 0 Å². The Bertz CT molecular complexity index is 441. The van der Waals surface area contributed by atoms with Crippen molar-refractivity contribution >= 4 is 11.5 Å². The molecule has 0 saturated heterocycles. The quantitative estimate of drug-likeness (QED) is 0.851. The summed E-state index contributed by atoms with van der Waals surface area (Å²) in [6, 6.07) is 8.63. The lowest BCUT2D eigenvalue weighted by Crippen LogP contribution is -2.17. The zero-order chi connectivity index (χ0) is 12.3. The highest BCUT2D eigenvalue weighted by Crippen LogP contribution is 2.14. The molecule has 1 aliphatic rings. The van der Waals surface area contributed by atoms with Crippen molar-refractivity contribution in [2.24, 2.45) is 21.9 Å². The Morgan fingerprint density at radius 3 is 2.35 bits per heavy atom. The Balaban J connectivity index is 2.13. The molecule has 3 heteroatoms. The standard InChI is InChI=1S/C14H19N3/c1-10(2)9-11-3-5-12(6-4-11)13-7-8-14(15)17-16-13/h3-6,10H,7-9H2,1-2H3,(H2,15,17). The van der Waals surface area contributed by atoms with E-state index in [4.69, 9.17) is 5.73 Å². The first-order valence-corrected chi connectivity index (χ1v) is 6.13. The summed E-state index contributed by atoms with van der Waals surface area (Å²) >= 11 is 0. The molecule has 0 saturated carbocycles. The molecule has 17 heavy (non-hydrogen) atoms. The van der Waals surface area contributed by atoms with Crippen LogP contribution in [0, 0.1) is 5.92 Å². The summed E-state index contributed by atoms with van der Waals surface area (Å²) in [7, 11) is 0. The molecule has 0 amide bonds. The Hall–Kier alpha value is -1.64. The molecule has 0 radical (unpaired) electrons. The molecule has 2 N–H and O–H groups in total. The van der Waals surface area contributed by atoms with Gasteiger partial charge in [0.2, 0.25) is 0 Å². The van der Waals surface area contributed by atoms with Crippen LogP contribution in [0.15, 0.2) is 34.5 Å². The number of hydrogen-bond donors (Lipinski definition) is 1. The molecular weight excluding hydrogens is 210 g/mol. The van der Waals surface area contributed by atoms with E-state index in [9.17, 15) is 0 Å². The fourth-order valence-electron chi connectivity index (χ4n) is 1.98. The average molecular weight is 229 g/mol. The van der Waals surface area contributed by atoms with Gasteiger partial charge >= 0.3 is 0 Å². The molecular formula is C14H19N3. The van der Waals surface area contributed by atoms with Crippen molar-refractivity contribution in [2.75, 3.05) is 0 Å². The van der Waals surface area contributed by atoms with Gasteiger partial charge in [-0.15, -0.1) is 5.10 Å².